The van der Waals surface area contributed by atoms with E-state index in [4.69, 9.17) is 5.11 Å². The number of carboxylic acids is 1. The van der Waals surface area contributed by atoms with Crippen molar-refractivity contribution in [3.8, 4) is 0 Å². The van der Waals surface area contributed by atoms with E-state index < -0.39 is 12.0 Å². The molecule has 0 saturated carbocycles. The molecule has 0 aliphatic carbocycles. The Morgan fingerprint density at radius 3 is 2.42 bits per heavy atom. The molecule has 0 aliphatic rings. The smallest absolute Gasteiger partial charge is 0.326 e. The normalized spacial score (nSPS) is 12.6. The number of hydrogen-bond donors (Lipinski definition) is 2. The van der Waals surface area contributed by atoms with Gasteiger partial charge in [0.1, 0.15) is 6.04 Å². The van der Waals surface area contributed by atoms with Gasteiger partial charge in [-0.25, -0.2) is 4.79 Å². The highest BCUT2D eigenvalue weighted by molar-refractivity contribution is 5.76. The molecule has 0 bridgehead atoms. The van der Waals surface area contributed by atoms with Crippen LogP contribution < -0.4 is 5.32 Å². The van der Waals surface area contributed by atoms with E-state index in [9.17, 15) is 9.59 Å². The summed E-state index contributed by atoms with van der Waals surface area (Å²) in [5, 5.41) is 10.9. The minimum atomic E-state index is -0.970. The van der Waals surface area contributed by atoms with Gasteiger partial charge in [-0.3, -0.25) is 4.79 Å². The van der Waals surface area contributed by atoms with Crippen LogP contribution in [0.25, 0.3) is 0 Å². The van der Waals surface area contributed by atoms with Crippen LogP contribution >= 0.6 is 0 Å². The number of aliphatic carboxylic acids is 1. The summed E-state index contributed by atoms with van der Waals surface area (Å²) in [5.41, 5.74) is 0. The Morgan fingerprint density at radius 2 is 2.08 bits per heavy atom. The summed E-state index contributed by atoms with van der Waals surface area (Å²) in [6.07, 6.45) is 1.72. The van der Waals surface area contributed by atoms with Crippen molar-refractivity contribution >= 4 is 12.4 Å². The first kappa shape index (κ1) is 10.9. The minimum absolute atomic E-state index is 0.430. The molecule has 2 N–H and O–H groups in total. The first-order valence-corrected chi connectivity index (χ1v) is 4.00. The third-order valence-corrected chi connectivity index (χ3v) is 1.60. The van der Waals surface area contributed by atoms with Gasteiger partial charge >= 0.3 is 5.97 Å². The Balaban J connectivity index is 3.78. The van der Waals surface area contributed by atoms with Crippen LogP contribution in [0, 0.1) is 5.92 Å². The largest absolute Gasteiger partial charge is 0.480 e. The van der Waals surface area contributed by atoms with Gasteiger partial charge in [0.15, 0.2) is 0 Å². The maximum absolute atomic E-state index is 10.5. The van der Waals surface area contributed by atoms with Gasteiger partial charge in [0, 0.05) is 0 Å². The highest BCUT2D eigenvalue weighted by Gasteiger charge is 2.15. The van der Waals surface area contributed by atoms with Crippen molar-refractivity contribution in [3.63, 3.8) is 0 Å². The molecule has 0 unspecified atom stereocenters. The third kappa shape index (κ3) is 4.71. The van der Waals surface area contributed by atoms with Crippen molar-refractivity contribution in [2.24, 2.45) is 5.92 Å². The van der Waals surface area contributed by atoms with Gasteiger partial charge in [0.25, 0.3) is 0 Å². The molecule has 0 rings (SSSR count). The third-order valence-electron chi connectivity index (χ3n) is 1.60. The van der Waals surface area contributed by atoms with Crippen molar-refractivity contribution < 1.29 is 14.7 Å². The van der Waals surface area contributed by atoms with E-state index in [1.807, 2.05) is 13.8 Å². The fourth-order valence-corrected chi connectivity index (χ4v) is 0.860. The molecule has 0 aliphatic heterocycles. The van der Waals surface area contributed by atoms with Gasteiger partial charge < -0.3 is 10.4 Å². The first-order valence-electron chi connectivity index (χ1n) is 4.00. The van der Waals surface area contributed by atoms with Crippen molar-refractivity contribution in [1.82, 2.24) is 5.32 Å². The average molecular weight is 173 g/mol. The number of carboxylic acid groups (broad SMARTS) is 1. The molecule has 0 fully saturated rings. The lowest BCUT2D eigenvalue weighted by molar-refractivity contribution is -0.140. The molecule has 0 radical (unpaired) electrons. The van der Waals surface area contributed by atoms with Crippen LogP contribution in [0.4, 0.5) is 0 Å². The number of carbonyl (C=O) groups is 2. The van der Waals surface area contributed by atoms with Crippen LogP contribution in [-0.4, -0.2) is 23.5 Å². The zero-order valence-electron chi connectivity index (χ0n) is 7.41. The molecular formula is C8H15NO3. The second kappa shape index (κ2) is 5.57. The zero-order chi connectivity index (χ0) is 9.56. The predicted molar refractivity (Wildman–Crippen MR) is 44.7 cm³/mol. The van der Waals surface area contributed by atoms with E-state index in [2.05, 4.69) is 5.32 Å². The van der Waals surface area contributed by atoms with Gasteiger partial charge in [-0.2, -0.15) is 0 Å². The molecule has 0 aromatic heterocycles. The summed E-state index contributed by atoms with van der Waals surface area (Å²) < 4.78 is 0. The van der Waals surface area contributed by atoms with Crippen LogP contribution in [0.15, 0.2) is 0 Å². The number of amides is 1. The topological polar surface area (TPSA) is 66.4 Å². The molecule has 0 aromatic rings. The SMILES string of the molecule is CC(C)CC[C@H](NC=O)C(=O)O. The monoisotopic (exact) mass is 173 g/mol. The van der Waals surface area contributed by atoms with Crippen molar-refractivity contribution in [1.29, 1.82) is 0 Å². The molecule has 0 aromatic carbocycles. The van der Waals surface area contributed by atoms with Crippen LogP contribution in [0.3, 0.4) is 0 Å². The zero-order valence-corrected chi connectivity index (χ0v) is 7.41. The molecule has 70 valence electrons. The van der Waals surface area contributed by atoms with Crippen LogP contribution in [0.1, 0.15) is 26.7 Å². The molecule has 1 atom stereocenters. The fourth-order valence-electron chi connectivity index (χ4n) is 0.860. The van der Waals surface area contributed by atoms with Crippen molar-refractivity contribution in [2.75, 3.05) is 0 Å². The van der Waals surface area contributed by atoms with E-state index in [1.54, 1.807) is 0 Å². The Labute approximate surface area is 72.0 Å². The minimum Gasteiger partial charge on any atom is -0.480 e. The summed E-state index contributed by atoms with van der Waals surface area (Å²) in [5.74, 6) is -0.511. The van der Waals surface area contributed by atoms with Crippen molar-refractivity contribution in [3.05, 3.63) is 0 Å². The van der Waals surface area contributed by atoms with Gasteiger partial charge in [0.05, 0.1) is 0 Å². The van der Waals surface area contributed by atoms with Gasteiger partial charge in [-0.1, -0.05) is 13.8 Å². The van der Waals surface area contributed by atoms with Gasteiger partial charge in [0.2, 0.25) is 6.41 Å². The van der Waals surface area contributed by atoms with E-state index >= 15 is 0 Å². The molecule has 4 nitrogen and oxygen atoms in total. The standard InChI is InChI=1S/C8H15NO3/c1-6(2)3-4-7(8(11)12)9-5-10/h5-7H,3-4H2,1-2H3,(H,9,10)(H,11,12)/t7-/m0/s1. The Hall–Kier alpha value is -1.06. The van der Waals surface area contributed by atoms with Gasteiger partial charge in [-0.15, -0.1) is 0 Å². The number of hydrogen-bond acceptors (Lipinski definition) is 2. The molecule has 0 saturated heterocycles. The van der Waals surface area contributed by atoms with E-state index in [0.29, 0.717) is 18.7 Å². The molecule has 0 spiro atoms. The quantitative estimate of drug-likeness (QED) is 0.579. The lowest BCUT2D eigenvalue weighted by Gasteiger charge is -2.11. The summed E-state index contributed by atoms with van der Waals surface area (Å²) in [7, 11) is 0. The Bertz CT molecular complexity index is 156. The van der Waals surface area contributed by atoms with E-state index in [1.165, 1.54) is 0 Å². The van der Waals surface area contributed by atoms with E-state index in [0.717, 1.165) is 6.42 Å². The fraction of sp³-hybridized carbons (Fsp3) is 0.750. The predicted octanol–water partition coefficient (Wildman–Crippen LogP) is 0.622. The van der Waals surface area contributed by atoms with Crippen LogP contribution in [0.5, 0.6) is 0 Å². The Morgan fingerprint density at radius 1 is 1.50 bits per heavy atom. The van der Waals surface area contributed by atoms with Crippen molar-refractivity contribution in [2.45, 2.75) is 32.7 Å². The molecule has 1 amide bonds. The maximum Gasteiger partial charge on any atom is 0.326 e. The molecular weight excluding hydrogens is 158 g/mol. The lowest BCUT2D eigenvalue weighted by atomic mass is 10.0. The van der Waals surface area contributed by atoms with Crippen LogP contribution in [-0.2, 0) is 9.59 Å². The lowest BCUT2D eigenvalue weighted by Crippen LogP contribution is -2.35. The summed E-state index contributed by atoms with van der Waals surface area (Å²) in [6, 6.07) is -0.732. The van der Waals surface area contributed by atoms with E-state index in [-0.39, 0.29) is 0 Å². The summed E-state index contributed by atoms with van der Waals surface area (Å²) in [6.45, 7) is 4.03. The first-order chi connectivity index (χ1) is 5.57. The Kier molecular flexibility index (Phi) is 5.08. The molecule has 12 heavy (non-hydrogen) atoms. The molecule has 4 heteroatoms. The second-order valence-electron chi connectivity index (χ2n) is 3.15. The average Bonchev–Trinajstić information content (AvgIpc) is 1.96. The second-order valence-corrected chi connectivity index (χ2v) is 3.15. The number of nitrogens with one attached hydrogen (secondary N) is 1. The highest BCUT2D eigenvalue weighted by Crippen LogP contribution is 2.06. The van der Waals surface area contributed by atoms with Crippen LogP contribution in [0.2, 0.25) is 0 Å². The highest BCUT2D eigenvalue weighted by atomic mass is 16.4. The molecule has 0 heterocycles. The summed E-state index contributed by atoms with van der Waals surface area (Å²) >= 11 is 0. The summed E-state index contributed by atoms with van der Waals surface area (Å²) in [4.78, 5) is 20.5. The number of rotatable bonds is 6. The van der Waals surface area contributed by atoms with Gasteiger partial charge in [-0.05, 0) is 18.8 Å². The number of carbonyl (C=O) groups excluding carboxylic acids is 1. The maximum atomic E-state index is 10.5.